The normalized spacial score (nSPS) is 14.9. The van der Waals surface area contributed by atoms with Gasteiger partial charge in [0.1, 0.15) is 0 Å². The number of thiophene rings is 1. The number of amides is 1. The van der Waals surface area contributed by atoms with Gasteiger partial charge in [0.2, 0.25) is 0 Å². The third-order valence-corrected chi connectivity index (χ3v) is 4.93. The fourth-order valence-electron chi connectivity index (χ4n) is 2.47. The van der Waals surface area contributed by atoms with Crippen LogP contribution in [0, 0.1) is 0 Å². The van der Waals surface area contributed by atoms with Gasteiger partial charge in [-0.2, -0.15) is 0 Å². The van der Waals surface area contributed by atoms with Crippen molar-refractivity contribution in [1.82, 2.24) is 5.32 Å². The molecule has 0 saturated heterocycles. The Morgan fingerprint density at radius 1 is 1.39 bits per heavy atom. The van der Waals surface area contributed by atoms with E-state index in [4.69, 9.17) is 21.1 Å². The molecule has 0 radical (unpaired) electrons. The lowest BCUT2D eigenvalue weighted by Crippen LogP contribution is -2.27. The van der Waals surface area contributed by atoms with Gasteiger partial charge in [-0.25, -0.2) is 0 Å². The Morgan fingerprint density at radius 3 is 2.96 bits per heavy atom. The standard InChI is InChI=1S/C17H18ClNO3S/c1-2-13(15-5-3-8-23-15)19-17(20)11-9-12(18)16-14(10-11)21-6-4-7-22-16/h3,5,8-10,13H,2,4,6-7H2,1H3,(H,19,20). The van der Waals surface area contributed by atoms with Crippen LogP contribution in [0.15, 0.2) is 29.6 Å². The van der Waals surface area contributed by atoms with Crippen LogP contribution in [0.5, 0.6) is 11.5 Å². The van der Waals surface area contributed by atoms with Crippen LogP contribution in [-0.2, 0) is 0 Å². The molecule has 1 N–H and O–H groups in total. The molecule has 0 bridgehead atoms. The van der Waals surface area contributed by atoms with Gasteiger partial charge in [0.05, 0.1) is 24.3 Å². The number of ether oxygens (including phenoxy) is 2. The molecule has 23 heavy (non-hydrogen) atoms. The average Bonchev–Trinajstić information content (AvgIpc) is 2.97. The fourth-order valence-corrected chi connectivity index (χ4v) is 3.59. The maximum atomic E-state index is 12.6. The predicted octanol–water partition coefficient (Wildman–Crippen LogP) is 4.44. The minimum atomic E-state index is -0.164. The van der Waals surface area contributed by atoms with Crippen LogP contribution in [0.4, 0.5) is 0 Å². The van der Waals surface area contributed by atoms with E-state index in [1.54, 1.807) is 23.5 Å². The lowest BCUT2D eigenvalue weighted by Gasteiger charge is -2.17. The minimum absolute atomic E-state index is 0.00254. The Balaban J connectivity index is 1.82. The zero-order chi connectivity index (χ0) is 16.2. The van der Waals surface area contributed by atoms with Crippen molar-refractivity contribution in [2.45, 2.75) is 25.8 Å². The Morgan fingerprint density at radius 2 is 2.22 bits per heavy atom. The molecule has 2 aromatic rings. The van der Waals surface area contributed by atoms with Crippen LogP contribution in [-0.4, -0.2) is 19.1 Å². The van der Waals surface area contributed by atoms with Gasteiger partial charge < -0.3 is 14.8 Å². The summed E-state index contributed by atoms with van der Waals surface area (Å²) < 4.78 is 11.2. The monoisotopic (exact) mass is 351 g/mol. The van der Waals surface area contributed by atoms with Gasteiger partial charge in [0.25, 0.3) is 5.91 Å². The van der Waals surface area contributed by atoms with Crippen LogP contribution in [0.2, 0.25) is 5.02 Å². The van der Waals surface area contributed by atoms with Crippen molar-refractivity contribution in [1.29, 1.82) is 0 Å². The topological polar surface area (TPSA) is 47.6 Å². The number of fused-ring (bicyclic) bond motifs is 1. The van der Waals surface area contributed by atoms with Crippen molar-refractivity contribution in [2.75, 3.05) is 13.2 Å². The van der Waals surface area contributed by atoms with Crippen LogP contribution in [0.25, 0.3) is 0 Å². The minimum Gasteiger partial charge on any atom is -0.489 e. The molecule has 0 aliphatic carbocycles. The maximum Gasteiger partial charge on any atom is 0.251 e. The van der Waals surface area contributed by atoms with Gasteiger partial charge >= 0.3 is 0 Å². The zero-order valence-corrected chi connectivity index (χ0v) is 14.4. The highest BCUT2D eigenvalue weighted by Gasteiger charge is 2.20. The van der Waals surface area contributed by atoms with E-state index in [1.165, 1.54) is 0 Å². The molecule has 0 spiro atoms. The highest BCUT2D eigenvalue weighted by atomic mass is 35.5. The van der Waals surface area contributed by atoms with Crippen LogP contribution in [0.1, 0.15) is 41.0 Å². The number of halogens is 1. The molecule has 6 heteroatoms. The smallest absolute Gasteiger partial charge is 0.251 e. The highest BCUT2D eigenvalue weighted by molar-refractivity contribution is 7.10. The van der Waals surface area contributed by atoms with Crippen LogP contribution in [0.3, 0.4) is 0 Å². The Kier molecular flexibility index (Phi) is 5.08. The van der Waals surface area contributed by atoms with Gasteiger partial charge in [0, 0.05) is 16.9 Å². The molecule has 0 fully saturated rings. The molecule has 3 rings (SSSR count). The number of hydrogen-bond donors (Lipinski definition) is 1. The molecule has 1 amide bonds. The van der Waals surface area contributed by atoms with Crippen LogP contribution < -0.4 is 14.8 Å². The quantitative estimate of drug-likeness (QED) is 0.885. The Labute approximate surface area is 144 Å². The fraction of sp³-hybridized carbons (Fsp3) is 0.353. The first-order valence-corrected chi connectivity index (χ1v) is 8.88. The Bertz CT molecular complexity index is 687. The second kappa shape index (κ2) is 7.23. The molecule has 1 atom stereocenters. The largest absolute Gasteiger partial charge is 0.489 e. The van der Waals surface area contributed by atoms with Crippen molar-refractivity contribution in [2.24, 2.45) is 0 Å². The third kappa shape index (κ3) is 3.62. The summed E-state index contributed by atoms with van der Waals surface area (Å²) in [5, 5.41) is 5.46. The van der Waals surface area contributed by atoms with Crippen LogP contribution >= 0.6 is 22.9 Å². The summed E-state index contributed by atoms with van der Waals surface area (Å²) in [6, 6.07) is 7.34. The van der Waals surface area contributed by atoms with Crippen molar-refractivity contribution >= 4 is 28.8 Å². The second-order valence-corrected chi connectivity index (χ2v) is 6.67. The third-order valence-electron chi connectivity index (χ3n) is 3.66. The van der Waals surface area contributed by atoms with Gasteiger partial charge in [-0.15, -0.1) is 11.3 Å². The first-order valence-electron chi connectivity index (χ1n) is 7.62. The van der Waals surface area contributed by atoms with E-state index in [0.717, 1.165) is 17.7 Å². The summed E-state index contributed by atoms with van der Waals surface area (Å²) in [5.74, 6) is 0.887. The molecule has 0 saturated carbocycles. The van der Waals surface area contributed by atoms with E-state index in [2.05, 4.69) is 5.32 Å². The number of carbonyl (C=O) groups excluding carboxylic acids is 1. The first kappa shape index (κ1) is 16.1. The van der Waals surface area contributed by atoms with Crippen molar-refractivity contribution in [3.8, 4) is 11.5 Å². The average molecular weight is 352 g/mol. The van der Waals surface area contributed by atoms with E-state index in [0.29, 0.717) is 35.3 Å². The molecule has 2 heterocycles. The van der Waals surface area contributed by atoms with Gasteiger partial charge in [0.15, 0.2) is 11.5 Å². The molecule has 1 aromatic carbocycles. The molecular weight excluding hydrogens is 334 g/mol. The first-order chi connectivity index (χ1) is 11.2. The second-order valence-electron chi connectivity index (χ2n) is 5.29. The summed E-state index contributed by atoms with van der Waals surface area (Å²) in [5.41, 5.74) is 0.481. The molecule has 4 nitrogen and oxygen atoms in total. The number of benzene rings is 1. The molecule has 1 aliphatic rings. The molecule has 1 unspecified atom stereocenters. The summed E-state index contributed by atoms with van der Waals surface area (Å²) in [6.07, 6.45) is 1.62. The summed E-state index contributed by atoms with van der Waals surface area (Å²) in [4.78, 5) is 13.7. The predicted molar refractivity (Wildman–Crippen MR) is 91.9 cm³/mol. The molecule has 122 valence electrons. The van der Waals surface area contributed by atoms with E-state index in [-0.39, 0.29) is 11.9 Å². The number of rotatable bonds is 4. The van der Waals surface area contributed by atoms with Crippen molar-refractivity contribution in [3.05, 3.63) is 45.1 Å². The zero-order valence-electron chi connectivity index (χ0n) is 12.8. The van der Waals surface area contributed by atoms with Gasteiger partial charge in [-0.1, -0.05) is 24.6 Å². The lowest BCUT2D eigenvalue weighted by molar-refractivity contribution is 0.0936. The highest BCUT2D eigenvalue weighted by Crippen LogP contribution is 2.38. The Hall–Kier alpha value is -1.72. The SMILES string of the molecule is CCC(NC(=O)c1cc(Cl)c2c(c1)OCCCO2)c1cccs1. The van der Waals surface area contributed by atoms with Gasteiger partial charge in [-0.3, -0.25) is 4.79 Å². The maximum absolute atomic E-state index is 12.6. The van der Waals surface area contributed by atoms with E-state index < -0.39 is 0 Å². The number of hydrogen-bond acceptors (Lipinski definition) is 4. The summed E-state index contributed by atoms with van der Waals surface area (Å²) >= 11 is 7.89. The lowest BCUT2D eigenvalue weighted by atomic mass is 10.1. The summed E-state index contributed by atoms with van der Waals surface area (Å²) in [6.45, 7) is 3.17. The van der Waals surface area contributed by atoms with E-state index >= 15 is 0 Å². The van der Waals surface area contributed by atoms with Crippen molar-refractivity contribution in [3.63, 3.8) is 0 Å². The van der Waals surface area contributed by atoms with E-state index in [1.807, 2.05) is 24.4 Å². The summed E-state index contributed by atoms with van der Waals surface area (Å²) in [7, 11) is 0. The van der Waals surface area contributed by atoms with E-state index in [9.17, 15) is 4.79 Å². The van der Waals surface area contributed by atoms with Crippen molar-refractivity contribution < 1.29 is 14.3 Å². The number of carbonyl (C=O) groups is 1. The number of nitrogens with one attached hydrogen (secondary N) is 1. The molecule has 1 aromatic heterocycles. The molecular formula is C17H18ClNO3S. The van der Waals surface area contributed by atoms with Gasteiger partial charge in [-0.05, 0) is 30.0 Å². The molecule has 1 aliphatic heterocycles.